The van der Waals surface area contributed by atoms with Crippen molar-refractivity contribution in [2.75, 3.05) is 26.4 Å². The van der Waals surface area contributed by atoms with Crippen LogP contribution in [-0.2, 0) is 13.0 Å². The maximum absolute atomic E-state index is 4.38. The molecule has 0 aliphatic rings. The van der Waals surface area contributed by atoms with Crippen LogP contribution in [-0.4, -0.2) is 47.1 Å². The van der Waals surface area contributed by atoms with Gasteiger partial charge in [0.1, 0.15) is 5.82 Å². The van der Waals surface area contributed by atoms with Gasteiger partial charge in [-0.15, -0.1) is 45.5 Å². The Bertz CT molecular complexity index is 699. The number of rotatable bonds is 10. The van der Waals surface area contributed by atoms with Crippen LogP contribution >= 0.6 is 47.1 Å². The van der Waals surface area contributed by atoms with Gasteiger partial charge in [-0.1, -0.05) is 38.6 Å². The van der Waals surface area contributed by atoms with Gasteiger partial charge in [0, 0.05) is 43.9 Å². The fourth-order valence-corrected chi connectivity index (χ4v) is 4.11. The first-order valence-electron chi connectivity index (χ1n) is 9.49. The minimum Gasteiger partial charge on any atom is -0.356 e. The molecule has 9 heteroatoms. The summed E-state index contributed by atoms with van der Waals surface area (Å²) in [6.45, 7) is 9.38. The number of nitrogens with one attached hydrogen (secondary N) is 2. The molecule has 0 saturated heterocycles. The van der Waals surface area contributed by atoms with Crippen molar-refractivity contribution >= 4 is 53.0 Å². The van der Waals surface area contributed by atoms with E-state index in [1.54, 1.807) is 23.1 Å². The van der Waals surface area contributed by atoms with Crippen molar-refractivity contribution < 1.29 is 0 Å². The second-order valence-corrected chi connectivity index (χ2v) is 8.76. The first kappa shape index (κ1) is 25.2. The molecule has 2 N–H and O–H groups in total. The van der Waals surface area contributed by atoms with Crippen LogP contribution in [0.1, 0.15) is 43.8 Å². The van der Waals surface area contributed by atoms with Crippen molar-refractivity contribution in [3.05, 3.63) is 28.2 Å². The lowest BCUT2D eigenvalue weighted by Gasteiger charge is -2.15. The van der Waals surface area contributed by atoms with E-state index in [1.165, 1.54) is 4.88 Å². The SMILES string of the molecule is CN=C(NCCCc1nnc(SC)n1CC(C)C)NCC(C)c1cccs1.I. The number of halogens is 1. The van der Waals surface area contributed by atoms with Crippen LogP contribution in [0, 0.1) is 5.92 Å². The molecule has 0 spiro atoms. The first-order chi connectivity index (χ1) is 13.0. The van der Waals surface area contributed by atoms with Crippen LogP contribution in [0.3, 0.4) is 0 Å². The molecule has 0 amide bonds. The smallest absolute Gasteiger partial charge is 0.190 e. The van der Waals surface area contributed by atoms with E-state index in [0.29, 0.717) is 11.8 Å². The molecule has 0 radical (unpaired) electrons. The van der Waals surface area contributed by atoms with Gasteiger partial charge in [-0.05, 0) is 30.0 Å². The zero-order valence-corrected chi connectivity index (χ0v) is 21.4. The van der Waals surface area contributed by atoms with Gasteiger partial charge in [0.15, 0.2) is 11.1 Å². The van der Waals surface area contributed by atoms with Crippen molar-refractivity contribution in [3.63, 3.8) is 0 Å². The van der Waals surface area contributed by atoms with Gasteiger partial charge in [0.25, 0.3) is 0 Å². The van der Waals surface area contributed by atoms with E-state index in [9.17, 15) is 0 Å². The van der Waals surface area contributed by atoms with Crippen LogP contribution in [0.2, 0.25) is 0 Å². The van der Waals surface area contributed by atoms with Crippen molar-refractivity contribution in [2.45, 2.75) is 51.2 Å². The Labute approximate surface area is 194 Å². The van der Waals surface area contributed by atoms with Crippen LogP contribution in [0.4, 0.5) is 0 Å². The molecule has 2 rings (SSSR count). The topological polar surface area (TPSA) is 67.1 Å². The zero-order valence-electron chi connectivity index (χ0n) is 17.4. The van der Waals surface area contributed by atoms with Crippen molar-refractivity contribution in [2.24, 2.45) is 10.9 Å². The Morgan fingerprint density at radius 1 is 1.29 bits per heavy atom. The highest BCUT2D eigenvalue weighted by Crippen LogP contribution is 2.19. The fourth-order valence-electron chi connectivity index (χ4n) is 2.80. The molecule has 1 unspecified atom stereocenters. The number of thiophene rings is 1. The van der Waals surface area contributed by atoms with Crippen LogP contribution in [0.15, 0.2) is 27.7 Å². The highest BCUT2D eigenvalue weighted by molar-refractivity contribution is 14.0. The standard InChI is InChI=1S/C19H32N6S2.HI/c1-14(2)13-25-17(23-24-19(25)26-5)9-6-10-21-18(20-4)22-12-15(3)16-8-7-11-27-16;/h7-8,11,14-15H,6,9-10,12-13H2,1-5H3,(H2,20,21,22);1H. The molecule has 0 aromatic carbocycles. The van der Waals surface area contributed by atoms with Gasteiger partial charge in [-0.2, -0.15) is 0 Å². The van der Waals surface area contributed by atoms with E-state index in [2.05, 4.69) is 74.9 Å². The monoisotopic (exact) mass is 536 g/mol. The third kappa shape index (κ3) is 7.90. The summed E-state index contributed by atoms with van der Waals surface area (Å²) in [6, 6.07) is 4.29. The molecule has 0 bridgehead atoms. The predicted octanol–water partition coefficient (Wildman–Crippen LogP) is 4.24. The van der Waals surface area contributed by atoms with Crippen LogP contribution in [0.25, 0.3) is 0 Å². The number of nitrogens with zero attached hydrogens (tertiary/aromatic N) is 4. The van der Waals surface area contributed by atoms with E-state index in [4.69, 9.17) is 0 Å². The minimum absolute atomic E-state index is 0. The predicted molar refractivity (Wildman–Crippen MR) is 132 cm³/mol. The normalized spacial score (nSPS) is 12.7. The number of guanidine groups is 1. The highest BCUT2D eigenvalue weighted by atomic mass is 127. The molecule has 0 aliphatic carbocycles. The molecule has 0 aliphatic heterocycles. The molecular weight excluding hydrogens is 503 g/mol. The molecule has 28 heavy (non-hydrogen) atoms. The zero-order chi connectivity index (χ0) is 19.6. The van der Waals surface area contributed by atoms with Gasteiger partial charge in [-0.3, -0.25) is 4.99 Å². The Balaban J connectivity index is 0.00000392. The maximum Gasteiger partial charge on any atom is 0.190 e. The third-order valence-corrected chi connectivity index (χ3v) is 5.99. The lowest BCUT2D eigenvalue weighted by Crippen LogP contribution is -2.39. The lowest BCUT2D eigenvalue weighted by atomic mass is 10.1. The van der Waals surface area contributed by atoms with Crippen molar-refractivity contribution in [3.8, 4) is 0 Å². The summed E-state index contributed by atoms with van der Waals surface area (Å²) in [6.07, 6.45) is 3.96. The Morgan fingerprint density at radius 3 is 2.68 bits per heavy atom. The molecule has 2 aromatic heterocycles. The second-order valence-electron chi connectivity index (χ2n) is 7.01. The highest BCUT2D eigenvalue weighted by Gasteiger charge is 2.12. The fraction of sp³-hybridized carbons (Fsp3) is 0.632. The molecule has 2 heterocycles. The van der Waals surface area contributed by atoms with Gasteiger partial charge in [-0.25, -0.2) is 0 Å². The van der Waals surface area contributed by atoms with E-state index in [1.807, 2.05) is 7.05 Å². The summed E-state index contributed by atoms with van der Waals surface area (Å²) in [5.41, 5.74) is 0. The number of aromatic nitrogens is 3. The summed E-state index contributed by atoms with van der Waals surface area (Å²) in [5, 5.41) is 18.6. The lowest BCUT2D eigenvalue weighted by molar-refractivity contribution is 0.477. The minimum atomic E-state index is 0. The molecule has 1 atom stereocenters. The Hall–Kier alpha value is -0.810. The van der Waals surface area contributed by atoms with E-state index < -0.39 is 0 Å². The average Bonchev–Trinajstić information content (AvgIpc) is 3.31. The van der Waals surface area contributed by atoms with Crippen LogP contribution in [0.5, 0.6) is 0 Å². The number of hydrogen-bond donors (Lipinski definition) is 2. The summed E-state index contributed by atoms with van der Waals surface area (Å²) in [4.78, 5) is 5.72. The van der Waals surface area contributed by atoms with E-state index >= 15 is 0 Å². The molecule has 2 aromatic rings. The van der Waals surface area contributed by atoms with Crippen molar-refractivity contribution in [1.82, 2.24) is 25.4 Å². The quantitative estimate of drug-likeness (QED) is 0.156. The molecule has 6 nitrogen and oxygen atoms in total. The number of thioether (sulfide) groups is 1. The average molecular weight is 537 g/mol. The van der Waals surface area contributed by atoms with Crippen molar-refractivity contribution in [1.29, 1.82) is 0 Å². The summed E-state index contributed by atoms with van der Waals surface area (Å²) < 4.78 is 2.26. The Kier molecular flexibility index (Phi) is 12.1. The summed E-state index contributed by atoms with van der Waals surface area (Å²) >= 11 is 3.46. The maximum atomic E-state index is 4.38. The summed E-state index contributed by atoms with van der Waals surface area (Å²) in [5.74, 6) is 2.98. The molecular formula is C19H33IN6S2. The van der Waals surface area contributed by atoms with E-state index in [-0.39, 0.29) is 24.0 Å². The Morgan fingerprint density at radius 2 is 2.07 bits per heavy atom. The molecule has 0 saturated carbocycles. The summed E-state index contributed by atoms with van der Waals surface area (Å²) in [7, 11) is 1.81. The number of aliphatic imine (C=N–C) groups is 1. The number of hydrogen-bond acceptors (Lipinski definition) is 5. The van der Waals surface area contributed by atoms with Crippen LogP contribution < -0.4 is 10.6 Å². The third-order valence-electron chi connectivity index (χ3n) is 4.22. The van der Waals surface area contributed by atoms with Gasteiger partial charge >= 0.3 is 0 Å². The largest absolute Gasteiger partial charge is 0.356 e. The van der Waals surface area contributed by atoms with Gasteiger partial charge in [0.05, 0.1) is 0 Å². The van der Waals surface area contributed by atoms with Gasteiger partial charge < -0.3 is 15.2 Å². The first-order valence-corrected chi connectivity index (χ1v) is 11.6. The second kappa shape index (κ2) is 13.4. The van der Waals surface area contributed by atoms with E-state index in [0.717, 1.165) is 49.4 Å². The van der Waals surface area contributed by atoms with Gasteiger partial charge in [0.2, 0.25) is 0 Å². The number of aryl methyl sites for hydroxylation is 1. The molecule has 158 valence electrons. The molecule has 0 fully saturated rings.